The molecule has 2 aromatic rings. The smallest absolute Gasteiger partial charge is 0.251 e. The Balaban J connectivity index is 1.61. The van der Waals surface area contributed by atoms with Gasteiger partial charge < -0.3 is 10.6 Å². The zero-order valence-electron chi connectivity index (χ0n) is 12.3. The van der Waals surface area contributed by atoms with E-state index in [2.05, 4.69) is 10.6 Å². The van der Waals surface area contributed by atoms with Crippen molar-refractivity contribution < 1.29 is 4.79 Å². The van der Waals surface area contributed by atoms with Gasteiger partial charge in [-0.05, 0) is 55.1 Å². The molecule has 0 bridgehead atoms. The van der Waals surface area contributed by atoms with Crippen molar-refractivity contribution in [3.8, 4) is 0 Å². The number of carbonyl (C=O) groups excluding carboxylic acids is 1. The number of rotatable bonds is 4. The number of carbonyl (C=O) groups is 1. The summed E-state index contributed by atoms with van der Waals surface area (Å²) < 4.78 is 0. The molecule has 0 radical (unpaired) electrons. The molecule has 3 rings (SSSR count). The van der Waals surface area contributed by atoms with Crippen molar-refractivity contribution in [3.05, 3.63) is 48.0 Å². The maximum absolute atomic E-state index is 12.4. The number of fused-ring (bicyclic) bond motifs is 1. The molecule has 3 heteroatoms. The molecule has 1 aliphatic heterocycles. The van der Waals surface area contributed by atoms with Crippen LogP contribution in [0.4, 0.5) is 0 Å². The molecule has 1 fully saturated rings. The predicted molar refractivity (Wildman–Crippen MR) is 86.5 cm³/mol. The fourth-order valence-corrected chi connectivity index (χ4v) is 3.08. The second-order valence-corrected chi connectivity index (χ2v) is 5.78. The van der Waals surface area contributed by atoms with Gasteiger partial charge in [-0.25, -0.2) is 0 Å². The summed E-state index contributed by atoms with van der Waals surface area (Å²) in [6.45, 7) is 2.98. The molecular formula is C18H22N2O. The van der Waals surface area contributed by atoms with Crippen molar-refractivity contribution in [2.75, 3.05) is 19.6 Å². The zero-order valence-corrected chi connectivity index (χ0v) is 12.3. The largest absolute Gasteiger partial charge is 0.352 e. The Kier molecular flexibility index (Phi) is 4.51. The Hall–Kier alpha value is -1.87. The zero-order chi connectivity index (χ0) is 14.5. The Morgan fingerprint density at radius 1 is 1.19 bits per heavy atom. The first-order chi connectivity index (χ1) is 10.3. The van der Waals surface area contributed by atoms with Crippen LogP contribution < -0.4 is 10.6 Å². The number of hydrogen-bond acceptors (Lipinski definition) is 2. The fourth-order valence-electron chi connectivity index (χ4n) is 3.08. The molecule has 2 aromatic carbocycles. The van der Waals surface area contributed by atoms with Crippen LogP contribution in [0.25, 0.3) is 10.8 Å². The summed E-state index contributed by atoms with van der Waals surface area (Å²) in [6.07, 6.45) is 3.59. The van der Waals surface area contributed by atoms with Gasteiger partial charge in [0, 0.05) is 12.1 Å². The third kappa shape index (κ3) is 3.42. The molecule has 3 nitrogen and oxygen atoms in total. The van der Waals surface area contributed by atoms with Crippen molar-refractivity contribution in [3.63, 3.8) is 0 Å². The molecule has 1 amide bonds. The summed E-state index contributed by atoms with van der Waals surface area (Å²) in [6, 6.07) is 13.9. The number of nitrogens with one attached hydrogen (secondary N) is 2. The van der Waals surface area contributed by atoms with Crippen LogP contribution in [-0.2, 0) is 0 Å². The summed E-state index contributed by atoms with van der Waals surface area (Å²) in [5.74, 6) is 0.738. The Morgan fingerprint density at radius 2 is 2.05 bits per heavy atom. The Morgan fingerprint density at radius 3 is 2.90 bits per heavy atom. The van der Waals surface area contributed by atoms with Crippen LogP contribution in [0, 0.1) is 5.92 Å². The molecule has 0 aliphatic carbocycles. The van der Waals surface area contributed by atoms with Gasteiger partial charge >= 0.3 is 0 Å². The van der Waals surface area contributed by atoms with Gasteiger partial charge in [0.2, 0.25) is 0 Å². The average Bonchev–Trinajstić information content (AvgIpc) is 2.55. The summed E-state index contributed by atoms with van der Waals surface area (Å²) >= 11 is 0. The fraction of sp³-hybridized carbons (Fsp3) is 0.389. The molecule has 1 unspecified atom stereocenters. The molecule has 0 saturated carbocycles. The summed E-state index contributed by atoms with van der Waals surface area (Å²) in [5, 5.41) is 8.63. The molecule has 0 spiro atoms. The van der Waals surface area contributed by atoms with Gasteiger partial charge in [-0.1, -0.05) is 36.4 Å². The Labute approximate surface area is 125 Å². The summed E-state index contributed by atoms with van der Waals surface area (Å²) in [5.41, 5.74) is 0.773. The monoisotopic (exact) mass is 282 g/mol. The lowest BCUT2D eigenvalue weighted by molar-refractivity contribution is 0.0952. The summed E-state index contributed by atoms with van der Waals surface area (Å²) in [4.78, 5) is 12.4. The highest BCUT2D eigenvalue weighted by molar-refractivity contribution is 6.06. The highest BCUT2D eigenvalue weighted by Gasteiger charge is 2.14. The standard InChI is InChI=1S/C18H22N2O/c21-18(20-12-10-14-5-4-11-19-13-14)17-9-3-7-15-6-1-2-8-16(15)17/h1-3,6-9,14,19H,4-5,10-13H2,(H,20,21). The van der Waals surface area contributed by atoms with Gasteiger partial charge in [-0.3, -0.25) is 4.79 Å². The molecule has 1 heterocycles. The minimum atomic E-state index is 0.0376. The maximum Gasteiger partial charge on any atom is 0.251 e. The highest BCUT2D eigenvalue weighted by atomic mass is 16.1. The molecule has 21 heavy (non-hydrogen) atoms. The average molecular weight is 282 g/mol. The lowest BCUT2D eigenvalue weighted by atomic mass is 9.96. The van der Waals surface area contributed by atoms with Crippen LogP contribution in [0.1, 0.15) is 29.6 Å². The van der Waals surface area contributed by atoms with Crippen LogP contribution in [-0.4, -0.2) is 25.5 Å². The quantitative estimate of drug-likeness (QED) is 0.905. The third-order valence-corrected chi connectivity index (χ3v) is 4.27. The van der Waals surface area contributed by atoms with Crippen molar-refractivity contribution >= 4 is 16.7 Å². The van der Waals surface area contributed by atoms with Crippen molar-refractivity contribution in [2.45, 2.75) is 19.3 Å². The second-order valence-electron chi connectivity index (χ2n) is 5.78. The molecule has 2 N–H and O–H groups in total. The first-order valence-corrected chi connectivity index (χ1v) is 7.81. The number of piperidine rings is 1. The van der Waals surface area contributed by atoms with E-state index in [-0.39, 0.29) is 5.91 Å². The maximum atomic E-state index is 12.4. The SMILES string of the molecule is O=C(NCCC1CCCNC1)c1cccc2ccccc12. The topological polar surface area (TPSA) is 41.1 Å². The predicted octanol–water partition coefficient (Wildman–Crippen LogP) is 2.96. The van der Waals surface area contributed by atoms with Gasteiger partial charge in [0.15, 0.2) is 0 Å². The Bertz CT molecular complexity index is 612. The van der Waals surface area contributed by atoms with E-state index in [1.54, 1.807) is 0 Å². The van der Waals surface area contributed by atoms with E-state index in [9.17, 15) is 4.79 Å². The van der Waals surface area contributed by atoms with Crippen LogP contribution in [0.3, 0.4) is 0 Å². The van der Waals surface area contributed by atoms with Gasteiger partial charge in [0.05, 0.1) is 0 Å². The van der Waals surface area contributed by atoms with E-state index in [1.165, 1.54) is 12.8 Å². The third-order valence-electron chi connectivity index (χ3n) is 4.27. The van der Waals surface area contributed by atoms with Crippen LogP contribution in [0.15, 0.2) is 42.5 Å². The number of hydrogen-bond donors (Lipinski definition) is 2. The van der Waals surface area contributed by atoms with E-state index in [0.29, 0.717) is 5.92 Å². The van der Waals surface area contributed by atoms with Crippen molar-refractivity contribution in [2.24, 2.45) is 5.92 Å². The van der Waals surface area contributed by atoms with E-state index in [4.69, 9.17) is 0 Å². The van der Waals surface area contributed by atoms with Crippen LogP contribution in [0.2, 0.25) is 0 Å². The van der Waals surface area contributed by atoms with E-state index in [0.717, 1.165) is 42.4 Å². The lowest BCUT2D eigenvalue weighted by Gasteiger charge is -2.22. The minimum Gasteiger partial charge on any atom is -0.352 e. The van der Waals surface area contributed by atoms with Gasteiger partial charge in [-0.2, -0.15) is 0 Å². The van der Waals surface area contributed by atoms with Gasteiger partial charge in [-0.15, -0.1) is 0 Å². The molecule has 110 valence electrons. The first-order valence-electron chi connectivity index (χ1n) is 7.81. The van der Waals surface area contributed by atoms with Crippen LogP contribution in [0.5, 0.6) is 0 Å². The van der Waals surface area contributed by atoms with Crippen LogP contribution >= 0.6 is 0 Å². The summed E-state index contributed by atoms with van der Waals surface area (Å²) in [7, 11) is 0. The minimum absolute atomic E-state index is 0.0376. The van der Waals surface area contributed by atoms with Gasteiger partial charge in [0.25, 0.3) is 5.91 Å². The number of benzene rings is 2. The first kappa shape index (κ1) is 14.1. The van der Waals surface area contributed by atoms with Crippen molar-refractivity contribution in [1.29, 1.82) is 0 Å². The van der Waals surface area contributed by atoms with E-state index >= 15 is 0 Å². The molecule has 1 aliphatic rings. The van der Waals surface area contributed by atoms with E-state index < -0.39 is 0 Å². The van der Waals surface area contributed by atoms with Gasteiger partial charge in [0.1, 0.15) is 0 Å². The van der Waals surface area contributed by atoms with E-state index in [1.807, 2.05) is 42.5 Å². The highest BCUT2D eigenvalue weighted by Crippen LogP contribution is 2.18. The molecular weight excluding hydrogens is 260 g/mol. The second kappa shape index (κ2) is 6.72. The lowest BCUT2D eigenvalue weighted by Crippen LogP contribution is -2.33. The molecule has 1 saturated heterocycles. The normalized spacial score (nSPS) is 18.6. The molecule has 0 aromatic heterocycles. The van der Waals surface area contributed by atoms with Crippen molar-refractivity contribution in [1.82, 2.24) is 10.6 Å². The molecule has 1 atom stereocenters. The number of amides is 1.